The highest BCUT2D eigenvalue weighted by atomic mass is 16.5. The zero-order valence-electron chi connectivity index (χ0n) is 14.0. The molecule has 0 bridgehead atoms. The molecule has 0 aliphatic heterocycles. The van der Waals surface area contributed by atoms with Gasteiger partial charge in [-0.3, -0.25) is 4.98 Å². The van der Waals surface area contributed by atoms with Crippen LogP contribution in [-0.4, -0.2) is 17.1 Å². The monoisotopic (exact) mass is 298 g/mol. The molecule has 0 saturated carbocycles. The number of nitrogens with zero attached hydrogens (tertiary/aromatic N) is 1. The zero-order chi connectivity index (χ0) is 16.2. The normalized spacial score (nSPS) is 13.9. The Bertz CT molecular complexity index is 606. The van der Waals surface area contributed by atoms with Crippen molar-refractivity contribution < 1.29 is 4.74 Å². The maximum absolute atomic E-state index is 6.30. The summed E-state index contributed by atoms with van der Waals surface area (Å²) in [6.45, 7) is 9.00. The van der Waals surface area contributed by atoms with E-state index in [1.807, 2.05) is 25.1 Å². The van der Waals surface area contributed by atoms with E-state index >= 15 is 0 Å². The number of aryl methyl sites for hydroxylation is 1. The van der Waals surface area contributed by atoms with Gasteiger partial charge in [0.2, 0.25) is 0 Å². The largest absolute Gasteiger partial charge is 0.491 e. The SMILES string of the molecule is Cc1cc(-c2ccncc2)ccc1OCC(C)(N)CC(C)C. The van der Waals surface area contributed by atoms with Gasteiger partial charge in [-0.25, -0.2) is 0 Å². The highest BCUT2D eigenvalue weighted by Gasteiger charge is 2.21. The summed E-state index contributed by atoms with van der Waals surface area (Å²) in [5, 5.41) is 0. The maximum Gasteiger partial charge on any atom is 0.122 e. The van der Waals surface area contributed by atoms with Crippen LogP contribution in [0.5, 0.6) is 5.75 Å². The first-order chi connectivity index (χ1) is 10.4. The lowest BCUT2D eigenvalue weighted by molar-refractivity contribution is 0.206. The number of hydrogen-bond donors (Lipinski definition) is 1. The van der Waals surface area contributed by atoms with Crippen molar-refractivity contribution in [3.63, 3.8) is 0 Å². The van der Waals surface area contributed by atoms with Crippen molar-refractivity contribution in [1.82, 2.24) is 4.98 Å². The molecule has 3 nitrogen and oxygen atoms in total. The number of nitrogens with two attached hydrogens (primary N) is 1. The lowest BCUT2D eigenvalue weighted by atomic mass is 9.93. The average molecular weight is 298 g/mol. The van der Waals surface area contributed by atoms with Crippen LogP contribution in [0.25, 0.3) is 11.1 Å². The first kappa shape index (κ1) is 16.5. The molecule has 1 heterocycles. The third-order valence-electron chi connectivity index (χ3n) is 3.62. The van der Waals surface area contributed by atoms with Crippen LogP contribution in [0, 0.1) is 12.8 Å². The van der Waals surface area contributed by atoms with Crippen molar-refractivity contribution >= 4 is 0 Å². The number of ether oxygens (including phenoxy) is 1. The molecule has 0 spiro atoms. The molecule has 0 aliphatic carbocycles. The third-order valence-corrected chi connectivity index (χ3v) is 3.62. The van der Waals surface area contributed by atoms with E-state index in [1.54, 1.807) is 12.4 Å². The van der Waals surface area contributed by atoms with Crippen LogP contribution >= 0.6 is 0 Å². The van der Waals surface area contributed by atoms with E-state index in [9.17, 15) is 0 Å². The van der Waals surface area contributed by atoms with Gasteiger partial charge in [0.15, 0.2) is 0 Å². The quantitative estimate of drug-likeness (QED) is 0.869. The van der Waals surface area contributed by atoms with Crippen LogP contribution in [0.2, 0.25) is 0 Å². The molecular formula is C19H26N2O. The van der Waals surface area contributed by atoms with Gasteiger partial charge >= 0.3 is 0 Å². The fraction of sp³-hybridized carbons (Fsp3) is 0.421. The topological polar surface area (TPSA) is 48.1 Å². The summed E-state index contributed by atoms with van der Waals surface area (Å²) in [6.07, 6.45) is 4.56. The minimum absolute atomic E-state index is 0.301. The molecule has 0 radical (unpaired) electrons. The molecule has 118 valence electrons. The number of pyridine rings is 1. The smallest absolute Gasteiger partial charge is 0.122 e. The van der Waals surface area contributed by atoms with Crippen LogP contribution in [0.15, 0.2) is 42.7 Å². The molecule has 2 aromatic rings. The number of hydrogen-bond acceptors (Lipinski definition) is 3. The van der Waals surface area contributed by atoms with Crippen LogP contribution < -0.4 is 10.5 Å². The molecule has 0 amide bonds. The Morgan fingerprint density at radius 2 is 1.82 bits per heavy atom. The average Bonchev–Trinajstić information content (AvgIpc) is 2.45. The summed E-state index contributed by atoms with van der Waals surface area (Å²) in [5.41, 5.74) is 9.45. The first-order valence-corrected chi connectivity index (χ1v) is 7.80. The summed E-state index contributed by atoms with van der Waals surface area (Å²) < 4.78 is 5.96. The Morgan fingerprint density at radius 1 is 1.14 bits per heavy atom. The summed E-state index contributed by atoms with van der Waals surface area (Å²) in [6, 6.07) is 10.3. The second-order valence-electron chi connectivity index (χ2n) is 6.76. The summed E-state index contributed by atoms with van der Waals surface area (Å²) in [5.74, 6) is 1.46. The number of aromatic nitrogens is 1. The molecule has 1 aromatic heterocycles. The lowest BCUT2D eigenvalue weighted by Gasteiger charge is -2.27. The maximum atomic E-state index is 6.30. The second kappa shape index (κ2) is 6.93. The van der Waals surface area contributed by atoms with E-state index in [1.165, 1.54) is 5.56 Å². The predicted molar refractivity (Wildman–Crippen MR) is 92.0 cm³/mol. The Hall–Kier alpha value is -1.87. The van der Waals surface area contributed by atoms with Gasteiger partial charge in [0, 0.05) is 17.9 Å². The van der Waals surface area contributed by atoms with Gasteiger partial charge in [0.05, 0.1) is 0 Å². The van der Waals surface area contributed by atoms with Crippen molar-refractivity contribution in [3.05, 3.63) is 48.3 Å². The Labute approximate surface area is 133 Å². The van der Waals surface area contributed by atoms with Crippen LogP contribution in [0.1, 0.15) is 32.8 Å². The van der Waals surface area contributed by atoms with Gasteiger partial charge in [-0.2, -0.15) is 0 Å². The van der Waals surface area contributed by atoms with Crippen molar-refractivity contribution in [2.75, 3.05) is 6.61 Å². The predicted octanol–water partition coefficient (Wildman–Crippen LogP) is 4.20. The highest BCUT2D eigenvalue weighted by Crippen LogP contribution is 2.26. The third kappa shape index (κ3) is 4.57. The molecule has 2 rings (SSSR count). The van der Waals surface area contributed by atoms with Gasteiger partial charge in [0.25, 0.3) is 0 Å². The molecule has 2 N–H and O–H groups in total. The molecule has 0 saturated heterocycles. The fourth-order valence-electron chi connectivity index (χ4n) is 2.77. The minimum Gasteiger partial charge on any atom is -0.491 e. The Balaban J connectivity index is 2.08. The molecule has 0 fully saturated rings. The fourth-order valence-corrected chi connectivity index (χ4v) is 2.77. The highest BCUT2D eigenvalue weighted by molar-refractivity contribution is 5.65. The van der Waals surface area contributed by atoms with Crippen LogP contribution in [0.4, 0.5) is 0 Å². The van der Waals surface area contributed by atoms with E-state index in [4.69, 9.17) is 10.5 Å². The summed E-state index contributed by atoms with van der Waals surface area (Å²) >= 11 is 0. The van der Waals surface area contributed by atoms with Gasteiger partial charge in [0.1, 0.15) is 12.4 Å². The van der Waals surface area contributed by atoms with Crippen LogP contribution in [0.3, 0.4) is 0 Å². The number of rotatable bonds is 6. The summed E-state index contributed by atoms with van der Waals surface area (Å²) in [4.78, 5) is 4.05. The molecule has 22 heavy (non-hydrogen) atoms. The van der Waals surface area contributed by atoms with Crippen molar-refractivity contribution in [2.45, 2.75) is 39.7 Å². The van der Waals surface area contributed by atoms with Crippen LogP contribution in [-0.2, 0) is 0 Å². The second-order valence-corrected chi connectivity index (χ2v) is 6.76. The summed E-state index contributed by atoms with van der Waals surface area (Å²) in [7, 11) is 0. The van der Waals surface area contributed by atoms with E-state index in [2.05, 4.69) is 37.9 Å². The zero-order valence-corrected chi connectivity index (χ0v) is 14.0. The van der Waals surface area contributed by atoms with E-state index in [0.717, 1.165) is 23.3 Å². The molecule has 1 aromatic carbocycles. The van der Waals surface area contributed by atoms with Gasteiger partial charge in [-0.05, 0) is 67.1 Å². The first-order valence-electron chi connectivity index (χ1n) is 7.80. The van der Waals surface area contributed by atoms with E-state index in [0.29, 0.717) is 12.5 Å². The van der Waals surface area contributed by atoms with E-state index < -0.39 is 0 Å². The van der Waals surface area contributed by atoms with Gasteiger partial charge < -0.3 is 10.5 Å². The lowest BCUT2D eigenvalue weighted by Crippen LogP contribution is -2.43. The van der Waals surface area contributed by atoms with E-state index in [-0.39, 0.29) is 5.54 Å². The van der Waals surface area contributed by atoms with Crippen molar-refractivity contribution in [2.24, 2.45) is 11.7 Å². The minimum atomic E-state index is -0.301. The molecule has 1 unspecified atom stereocenters. The van der Waals surface area contributed by atoms with Gasteiger partial charge in [-0.15, -0.1) is 0 Å². The standard InChI is InChI=1S/C19H26N2O/c1-14(2)12-19(4,20)13-22-18-6-5-17(11-15(18)3)16-7-9-21-10-8-16/h5-11,14H,12-13,20H2,1-4H3. The molecule has 3 heteroatoms. The molecule has 1 atom stereocenters. The van der Waals surface area contributed by atoms with Crippen molar-refractivity contribution in [1.29, 1.82) is 0 Å². The van der Waals surface area contributed by atoms with Crippen molar-refractivity contribution in [3.8, 4) is 16.9 Å². The Morgan fingerprint density at radius 3 is 2.41 bits per heavy atom. The molecular weight excluding hydrogens is 272 g/mol. The Kier molecular flexibility index (Phi) is 5.19. The molecule has 0 aliphatic rings. The van der Waals surface area contributed by atoms with Gasteiger partial charge in [-0.1, -0.05) is 19.9 Å². The number of benzene rings is 1.